The zero-order chi connectivity index (χ0) is 12.3. The van der Waals surface area contributed by atoms with Gasteiger partial charge in [-0.2, -0.15) is 5.26 Å². The average Bonchev–Trinajstić information content (AvgIpc) is 2.75. The maximum absolute atomic E-state index is 9.15. The molecule has 0 aliphatic rings. The quantitative estimate of drug-likeness (QED) is 0.917. The average molecular weight is 264 g/mol. The molecule has 0 saturated carbocycles. The maximum Gasteiger partial charge on any atom is 0.158 e. The number of hydrogen-bond donors (Lipinski definition) is 1. The van der Waals surface area contributed by atoms with E-state index in [1.165, 1.54) is 11.3 Å². The minimum absolute atomic E-state index is 0.472. The van der Waals surface area contributed by atoms with E-state index in [1.54, 1.807) is 6.07 Å². The van der Waals surface area contributed by atoms with Gasteiger partial charge in [-0.1, -0.05) is 23.7 Å². The lowest BCUT2D eigenvalue weighted by molar-refractivity contribution is 0.942. The van der Waals surface area contributed by atoms with Crippen LogP contribution < -0.4 is 5.32 Å². The second kappa shape index (κ2) is 5.17. The van der Waals surface area contributed by atoms with E-state index in [9.17, 15) is 0 Å². The largest absolute Gasteiger partial charge is 0.364 e. The van der Waals surface area contributed by atoms with Gasteiger partial charge in [-0.05, 0) is 19.1 Å². The SMILES string of the molecule is Cc1nc(C(C#N)Nc2ccccc2Cl)cs1. The number of aryl methyl sites for hydroxylation is 1. The Morgan fingerprint density at radius 2 is 2.24 bits per heavy atom. The van der Waals surface area contributed by atoms with Gasteiger partial charge in [-0.25, -0.2) is 4.98 Å². The molecular weight excluding hydrogens is 254 g/mol. The molecule has 0 aliphatic carbocycles. The Hall–Kier alpha value is -1.57. The highest BCUT2D eigenvalue weighted by Crippen LogP contribution is 2.26. The summed E-state index contributed by atoms with van der Waals surface area (Å²) in [4.78, 5) is 4.30. The minimum atomic E-state index is -0.472. The van der Waals surface area contributed by atoms with Crippen molar-refractivity contribution in [1.29, 1.82) is 5.26 Å². The molecule has 1 unspecified atom stereocenters. The van der Waals surface area contributed by atoms with E-state index in [1.807, 2.05) is 30.5 Å². The number of anilines is 1. The number of nitriles is 1. The van der Waals surface area contributed by atoms with Crippen LogP contribution >= 0.6 is 22.9 Å². The summed E-state index contributed by atoms with van der Waals surface area (Å²) < 4.78 is 0. The number of benzene rings is 1. The molecule has 1 aromatic heterocycles. The zero-order valence-corrected chi connectivity index (χ0v) is 10.7. The topological polar surface area (TPSA) is 48.7 Å². The smallest absolute Gasteiger partial charge is 0.158 e. The van der Waals surface area contributed by atoms with E-state index in [4.69, 9.17) is 16.9 Å². The third-order valence-corrected chi connectivity index (χ3v) is 3.36. The number of nitrogens with zero attached hydrogens (tertiary/aromatic N) is 2. The Balaban J connectivity index is 2.22. The molecule has 0 fully saturated rings. The summed E-state index contributed by atoms with van der Waals surface area (Å²) in [5, 5.41) is 15.7. The Kier molecular flexibility index (Phi) is 3.62. The van der Waals surface area contributed by atoms with Crippen molar-refractivity contribution in [2.45, 2.75) is 13.0 Å². The summed E-state index contributed by atoms with van der Waals surface area (Å²) in [5.74, 6) is 0. The predicted octanol–water partition coefficient (Wildman–Crippen LogP) is 3.78. The second-order valence-electron chi connectivity index (χ2n) is 3.48. The molecule has 3 nitrogen and oxygen atoms in total. The van der Waals surface area contributed by atoms with Gasteiger partial charge in [0, 0.05) is 5.38 Å². The van der Waals surface area contributed by atoms with Gasteiger partial charge < -0.3 is 5.32 Å². The molecule has 0 spiro atoms. The van der Waals surface area contributed by atoms with Crippen LogP contribution in [0.2, 0.25) is 5.02 Å². The van der Waals surface area contributed by atoms with Crippen LogP contribution in [0.1, 0.15) is 16.7 Å². The predicted molar refractivity (Wildman–Crippen MR) is 70.3 cm³/mol. The molecule has 0 saturated heterocycles. The van der Waals surface area contributed by atoms with Crippen LogP contribution in [0.4, 0.5) is 5.69 Å². The summed E-state index contributed by atoms with van der Waals surface area (Å²) >= 11 is 7.56. The van der Waals surface area contributed by atoms with Crippen LogP contribution in [0.25, 0.3) is 0 Å². The van der Waals surface area contributed by atoms with Crippen molar-refractivity contribution in [2.24, 2.45) is 0 Å². The number of hydrogen-bond acceptors (Lipinski definition) is 4. The lowest BCUT2D eigenvalue weighted by atomic mass is 10.2. The summed E-state index contributed by atoms with van der Waals surface area (Å²) in [6, 6.07) is 9.05. The number of para-hydroxylation sites is 1. The Morgan fingerprint density at radius 1 is 1.47 bits per heavy atom. The Labute approximate surface area is 109 Å². The van der Waals surface area contributed by atoms with E-state index in [2.05, 4.69) is 16.4 Å². The van der Waals surface area contributed by atoms with Crippen molar-refractivity contribution in [2.75, 3.05) is 5.32 Å². The van der Waals surface area contributed by atoms with Crippen LogP contribution in [-0.2, 0) is 0 Å². The van der Waals surface area contributed by atoms with Crippen molar-refractivity contribution in [3.8, 4) is 6.07 Å². The van der Waals surface area contributed by atoms with Gasteiger partial charge in [0.1, 0.15) is 0 Å². The van der Waals surface area contributed by atoms with Crippen molar-refractivity contribution in [1.82, 2.24) is 4.98 Å². The number of thiazole rings is 1. The molecule has 2 aromatic rings. The third-order valence-electron chi connectivity index (χ3n) is 2.24. The fourth-order valence-corrected chi connectivity index (χ4v) is 2.25. The first-order valence-electron chi connectivity index (χ1n) is 5.03. The van der Waals surface area contributed by atoms with E-state index in [0.29, 0.717) is 5.02 Å². The van der Waals surface area contributed by atoms with Gasteiger partial charge in [0.15, 0.2) is 6.04 Å². The molecule has 17 heavy (non-hydrogen) atoms. The van der Waals surface area contributed by atoms with Crippen LogP contribution in [0.5, 0.6) is 0 Å². The van der Waals surface area contributed by atoms with E-state index in [-0.39, 0.29) is 0 Å². The van der Waals surface area contributed by atoms with Crippen molar-refractivity contribution in [3.05, 3.63) is 45.4 Å². The summed E-state index contributed by atoms with van der Waals surface area (Å²) in [6.07, 6.45) is 0. The van der Waals surface area contributed by atoms with Crippen molar-refractivity contribution in [3.63, 3.8) is 0 Å². The van der Waals surface area contributed by atoms with Gasteiger partial charge in [-0.15, -0.1) is 11.3 Å². The fourth-order valence-electron chi connectivity index (χ4n) is 1.42. The fraction of sp³-hybridized carbons (Fsp3) is 0.167. The van der Waals surface area contributed by atoms with Crippen molar-refractivity contribution >= 4 is 28.6 Å². The molecule has 1 aromatic carbocycles. The van der Waals surface area contributed by atoms with Gasteiger partial charge in [0.25, 0.3) is 0 Å². The highest BCUT2D eigenvalue weighted by molar-refractivity contribution is 7.09. The van der Waals surface area contributed by atoms with Gasteiger partial charge in [0.05, 0.1) is 27.5 Å². The van der Waals surface area contributed by atoms with Gasteiger partial charge >= 0.3 is 0 Å². The van der Waals surface area contributed by atoms with Gasteiger partial charge in [-0.3, -0.25) is 0 Å². The Bertz CT molecular complexity index is 559. The first-order chi connectivity index (χ1) is 8.20. The lowest BCUT2D eigenvalue weighted by Crippen LogP contribution is -2.09. The third kappa shape index (κ3) is 2.76. The second-order valence-corrected chi connectivity index (χ2v) is 4.95. The minimum Gasteiger partial charge on any atom is -0.364 e. The monoisotopic (exact) mass is 263 g/mol. The van der Waals surface area contributed by atoms with Crippen LogP contribution in [0.15, 0.2) is 29.6 Å². The first-order valence-corrected chi connectivity index (χ1v) is 6.29. The summed E-state index contributed by atoms with van der Waals surface area (Å²) in [7, 11) is 0. The number of nitrogens with one attached hydrogen (secondary N) is 1. The lowest BCUT2D eigenvalue weighted by Gasteiger charge is -2.11. The molecule has 1 heterocycles. The highest BCUT2D eigenvalue weighted by atomic mass is 35.5. The number of rotatable bonds is 3. The molecule has 0 amide bonds. The highest BCUT2D eigenvalue weighted by Gasteiger charge is 2.14. The molecule has 0 bridgehead atoms. The molecular formula is C12H10ClN3S. The van der Waals surface area contributed by atoms with Crippen molar-refractivity contribution < 1.29 is 0 Å². The number of aromatic nitrogens is 1. The van der Waals surface area contributed by atoms with E-state index >= 15 is 0 Å². The van der Waals surface area contributed by atoms with Crippen LogP contribution in [-0.4, -0.2) is 4.98 Å². The van der Waals surface area contributed by atoms with Crippen LogP contribution in [0.3, 0.4) is 0 Å². The first kappa shape index (κ1) is 11.9. The van der Waals surface area contributed by atoms with E-state index in [0.717, 1.165) is 16.4 Å². The molecule has 0 radical (unpaired) electrons. The molecule has 1 atom stereocenters. The normalized spacial score (nSPS) is 11.8. The van der Waals surface area contributed by atoms with Crippen LogP contribution in [0, 0.1) is 18.3 Å². The van der Waals surface area contributed by atoms with Gasteiger partial charge in [0.2, 0.25) is 0 Å². The number of halogens is 1. The Morgan fingerprint density at radius 3 is 2.82 bits per heavy atom. The molecule has 2 rings (SSSR count). The standard InChI is InChI=1S/C12H10ClN3S/c1-8-15-12(7-17-8)11(6-14)16-10-5-3-2-4-9(10)13/h2-5,7,11,16H,1H3. The molecule has 1 N–H and O–H groups in total. The molecule has 0 aliphatic heterocycles. The molecule has 5 heteroatoms. The summed E-state index contributed by atoms with van der Waals surface area (Å²) in [6.45, 7) is 1.91. The maximum atomic E-state index is 9.15. The molecule has 86 valence electrons. The van der Waals surface area contributed by atoms with E-state index < -0.39 is 6.04 Å². The summed E-state index contributed by atoms with van der Waals surface area (Å²) in [5.41, 5.74) is 1.47. The zero-order valence-electron chi connectivity index (χ0n) is 9.14.